The van der Waals surface area contributed by atoms with Gasteiger partial charge in [0.05, 0.1) is 17.6 Å². The van der Waals surface area contributed by atoms with E-state index in [0.717, 1.165) is 24.9 Å². The van der Waals surface area contributed by atoms with E-state index in [1.807, 2.05) is 34.9 Å². The van der Waals surface area contributed by atoms with E-state index in [2.05, 4.69) is 4.90 Å². The van der Waals surface area contributed by atoms with E-state index in [1.54, 1.807) is 13.1 Å². The van der Waals surface area contributed by atoms with Gasteiger partial charge in [0.2, 0.25) is 5.95 Å². The number of para-hydroxylation sites is 1. The summed E-state index contributed by atoms with van der Waals surface area (Å²) in [5.74, 6) is -0.446. The minimum atomic E-state index is -1.09. The third-order valence-corrected chi connectivity index (χ3v) is 6.71. The molecule has 34 heavy (non-hydrogen) atoms. The number of nitrogens with zero attached hydrogens (tertiary/aromatic N) is 4. The Balaban J connectivity index is 0.00000274. The second kappa shape index (κ2) is 9.29. The fourth-order valence-corrected chi connectivity index (χ4v) is 4.95. The second-order valence-corrected chi connectivity index (χ2v) is 8.91. The molecule has 4 aromatic rings. The smallest absolute Gasteiger partial charge is 0.337 e. The largest absolute Gasteiger partial charge is 0.478 e. The van der Waals surface area contributed by atoms with Crippen LogP contribution in [0.25, 0.3) is 21.9 Å². The lowest BCUT2D eigenvalue weighted by Gasteiger charge is -2.32. The zero-order valence-electron chi connectivity index (χ0n) is 18.6. The van der Waals surface area contributed by atoms with E-state index in [-0.39, 0.29) is 29.6 Å². The number of halogens is 2. The molecule has 2 aromatic carbocycles. The molecule has 0 aliphatic carbocycles. The molecule has 2 aromatic heterocycles. The van der Waals surface area contributed by atoms with Crippen LogP contribution in [0.4, 0.5) is 5.95 Å². The van der Waals surface area contributed by atoms with Gasteiger partial charge in [-0.3, -0.25) is 4.79 Å². The number of aryl methyl sites for hydroxylation is 1. The zero-order chi connectivity index (χ0) is 23.3. The number of rotatable bonds is 4. The first-order chi connectivity index (χ1) is 15.9. The van der Waals surface area contributed by atoms with Crippen molar-refractivity contribution in [1.29, 1.82) is 0 Å². The number of carboxylic acids is 1. The maximum atomic E-state index is 13.6. The third kappa shape index (κ3) is 3.91. The zero-order valence-corrected chi connectivity index (χ0v) is 20.1. The Morgan fingerprint density at radius 1 is 1.21 bits per heavy atom. The Morgan fingerprint density at radius 3 is 2.68 bits per heavy atom. The first kappa shape index (κ1) is 24.1. The van der Waals surface area contributed by atoms with E-state index in [0.29, 0.717) is 46.0 Å². The Bertz CT molecular complexity index is 1460. The van der Waals surface area contributed by atoms with Crippen molar-refractivity contribution >= 4 is 57.9 Å². The van der Waals surface area contributed by atoms with Gasteiger partial charge in [-0.05, 0) is 30.5 Å². The van der Waals surface area contributed by atoms with E-state index in [1.165, 1.54) is 10.6 Å². The van der Waals surface area contributed by atoms with Gasteiger partial charge in [-0.15, -0.1) is 12.4 Å². The number of anilines is 1. The van der Waals surface area contributed by atoms with Gasteiger partial charge < -0.3 is 24.9 Å². The highest BCUT2D eigenvalue weighted by molar-refractivity contribution is 6.31. The molecule has 0 radical (unpaired) electrons. The summed E-state index contributed by atoms with van der Waals surface area (Å²) in [5.41, 5.74) is 8.13. The summed E-state index contributed by atoms with van der Waals surface area (Å²) in [6.45, 7) is 1.76. The summed E-state index contributed by atoms with van der Waals surface area (Å²) < 4.78 is 3.29. The van der Waals surface area contributed by atoms with Crippen molar-refractivity contribution in [2.45, 2.75) is 25.4 Å². The molecule has 1 aliphatic heterocycles. The van der Waals surface area contributed by atoms with Crippen LogP contribution in [0.3, 0.4) is 0 Å². The minimum Gasteiger partial charge on any atom is -0.478 e. The van der Waals surface area contributed by atoms with Crippen LogP contribution in [0.2, 0.25) is 5.02 Å². The lowest BCUT2D eigenvalue weighted by atomic mass is 10.1. The van der Waals surface area contributed by atoms with Gasteiger partial charge in [0.25, 0.3) is 5.56 Å². The third-order valence-electron chi connectivity index (χ3n) is 6.34. The van der Waals surface area contributed by atoms with Crippen molar-refractivity contribution in [3.63, 3.8) is 0 Å². The summed E-state index contributed by atoms with van der Waals surface area (Å²) >= 11 is 6.46. The summed E-state index contributed by atoms with van der Waals surface area (Å²) in [5, 5.41) is 10.9. The van der Waals surface area contributed by atoms with Crippen LogP contribution in [0.15, 0.2) is 47.3 Å². The van der Waals surface area contributed by atoms with Crippen LogP contribution in [0.1, 0.15) is 28.8 Å². The molecule has 0 spiro atoms. The Kier molecular flexibility index (Phi) is 6.58. The molecule has 3 heterocycles. The molecule has 1 saturated heterocycles. The molecule has 1 aliphatic rings. The molecule has 8 nitrogen and oxygen atoms in total. The molecular weight excluding hydrogens is 477 g/mol. The molecule has 5 rings (SSSR count). The normalized spacial score (nSPS) is 16.1. The van der Waals surface area contributed by atoms with E-state index < -0.39 is 5.97 Å². The van der Waals surface area contributed by atoms with Crippen LogP contribution in [0, 0.1) is 0 Å². The number of nitrogens with two attached hydrogens (primary N) is 1. The molecule has 0 bridgehead atoms. The number of fused-ring (bicyclic) bond motifs is 3. The van der Waals surface area contributed by atoms with Gasteiger partial charge in [-0.1, -0.05) is 41.9 Å². The molecule has 10 heteroatoms. The lowest BCUT2D eigenvalue weighted by Crippen LogP contribution is -2.44. The molecule has 1 fully saturated rings. The van der Waals surface area contributed by atoms with Crippen molar-refractivity contribution in [3.05, 3.63) is 69.0 Å². The fourth-order valence-electron chi connectivity index (χ4n) is 4.75. The summed E-state index contributed by atoms with van der Waals surface area (Å²) in [4.78, 5) is 32.5. The van der Waals surface area contributed by atoms with Gasteiger partial charge in [0.1, 0.15) is 11.0 Å². The van der Waals surface area contributed by atoms with Crippen LogP contribution in [-0.2, 0) is 13.6 Å². The number of pyridine rings is 1. The van der Waals surface area contributed by atoms with Crippen LogP contribution >= 0.6 is 24.0 Å². The van der Waals surface area contributed by atoms with Crippen LogP contribution in [0.5, 0.6) is 0 Å². The number of carbonyl (C=O) groups is 1. The number of aromatic carboxylic acids is 1. The molecule has 1 atom stereocenters. The summed E-state index contributed by atoms with van der Waals surface area (Å²) in [7, 11) is 1.60. The van der Waals surface area contributed by atoms with Crippen LogP contribution < -0.4 is 16.2 Å². The SMILES string of the molecule is Cl.Cn1c(=O)c2c(nc(N3CCC[C@@H](N)C3)n2Cc2ccccc2Cl)c2cccc(C(=O)O)c21. The minimum absolute atomic E-state index is 0. The molecule has 0 saturated carbocycles. The Hall–Kier alpha value is -3.07. The molecule has 0 unspecified atom stereocenters. The maximum Gasteiger partial charge on any atom is 0.337 e. The topological polar surface area (TPSA) is 106 Å². The number of carboxylic acid groups (broad SMARTS) is 1. The van der Waals surface area contributed by atoms with Gasteiger partial charge in [0, 0.05) is 36.6 Å². The Labute approximate surface area is 207 Å². The van der Waals surface area contributed by atoms with E-state index in [4.69, 9.17) is 22.3 Å². The van der Waals surface area contributed by atoms with Crippen LogP contribution in [-0.4, -0.2) is 44.3 Å². The average molecular weight is 502 g/mol. The molecule has 3 N–H and O–H groups in total. The van der Waals surface area contributed by atoms with Crippen molar-refractivity contribution < 1.29 is 9.90 Å². The molecule has 0 amide bonds. The summed E-state index contributed by atoms with van der Waals surface area (Å²) in [6.07, 6.45) is 1.87. The predicted molar refractivity (Wildman–Crippen MR) is 137 cm³/mol. The lowest BCUT2D eigenvalue weighted by molar-refractivity contribution is 0.0698. The monoisotopic (exact) mass is 501 g/mol. The Morgan fingerprint density at radius 2 is 1.97 bits per heavy atom. The van der Waals surface area contributed by atoms with Crippen molar-refractivity contribution in [1.82, 2.24) is 14.1 Å². The van der Waals surface area contributed by atoms with E-state index in [9.17, 15) is 14.7 Å². The van der Waals surface area contributed by atoms with Gasteiger partial charge in [-0.2, -0.15) is 0 Å². The highest BCUT2D eigenvalue weighted by Gasteiger charge is 2.27. The van der Waals surface area contributed by atoms with Crippen molar-refractivity contribution in [3.8, 4) is 0 Å². The first-order valence-electron chi connectivity index (χ1n) is 10.9. The van der Waals surface area contributed by atoms with Gasteiger partial charge in [-0.25, -0.2) is 9.78 Å². The highest BCUT2D eigenvalue weighted by Crippen LogP contribution is 2.31. The van der Waals surface area contributed by atoms with Gasteiger partial charge >= 0.3 is 5.97 Å². The van der Waals surface area contributed by atoms with Crippen molar-refractivity contribution in [2.75, 3.05) is 18.0 Å². The van der Waals surface area contributed by atoms with E-state index >= 15 is 0 Å². The number of hydrogen-bond acceptors (Lipinski definition) is 5. The number of benzene rings is 2. The quantitative estimate of drug-likeness (QED) is 0.442. The highest BCUT2D eigenvalue weighted by atomic mass is 35.5. The first-order valence-corrected chi connectivity index (χ1v) is 11.2. The predicted octanol–water partition coefficient (Wildman–Crippen LogP) is 3.64. The average Bonchev–Trinajstić information content (AvgIpc) is 3.18. The number of imidazole rings is 1. The fraction of sp³-hybridized carbons (Fsp3) is 0.292. The standard InChI is InChI=1S/C24H24ClN5O3.ClH/c1-28-20-16(8-4-9-17(20)23(32)33)19-21(22(28)31)30(12-14-6-2-3-10-18(14)25)24(27-19)29-11-5-7-15(26)13-29;/h2-4,6,8-10,15H,5,7,11-13,26H2,1H3,(H,32,33);1H/t15-;/m1./s1. The van der Waals surface area contributed by atoms with Gasteiger partial charge in [0.15, 0.2) is 0 Å². The molecule has 178 valence electrons. The number of hydrogen-bond donors (Lipinski definition) is 2. The number of piperidine rings is 1. The molecular formula is C24H25Cl2N5O3. The maximum absolute atomic E-state index is 13.6. The van der Waals surface area contributed by atoms with Crippen molar-refractivity contribution in [2.24, 2.45) is 12.8 Å². The number of aromatic nitrogens is 3. The second-order valence-electron chi connectivity index (χ2n) is 8.51. The summed E-state index contributed by atoms with van der Waals surface area (Å²) in [6, 6.07) is 12.5.